The van der Waals surface area contributed by atoms with Gasteiger partial charge in [-0.05, 0) is 37.5 Å². The van der Waals surface area contributed by atoms with Crippen molar-refractivity contribution < 1.29 is 15.0 Å². The van der Waals surface area contributed by atoms with Crippen LogP contribution < -0.4 is 10.6 Å². The van der Waals surface area contributed by atoms with Gasteiger partial charge in [0.2, 0.25) is 0 Å². The van der Waals surface area contributed by atoms with Crippen LogP contribution in [-0.2, 0) is 11.2 Å². The highest BCUT2D eigenvalue weighted by atomic mass is 16.4. The van der Waals surface area contributed by atoms with Crippen molar-refractivity contribution in [3.05, 3.63) is 23.8 Å². The molecule has 0 saturated heterocycles. The molecule has 0 amide bonds. The molecule has 0 aliphatic carbocycles. The second-order valence-corrected chi connectivity index (χ2v) is 4.95. The Morgan fingerprint density at radius 1 is 1.56 bits per heavy atom. The second kappa shape index (κ2) is 4.49. The Morgan fingerprint density at radius 3 is 2.94 bits per heavy atom. The maximum Gasteiger partial charge on any atom is 0.337 e. The number of anilines is 2. The van der Waals surface area contributed by atoms with E-state index in [1.165, 1.54) is 6.92 Å². The fraction of sp³-hybridized carbons (Fsp3) is 0.462. The van der Waals surface area contributed by atoms with Crippen LogP contribution in [0.15, 0.2) is 18.2 Å². The largest absolute Gasteiger partial charge is 0.479 e. The molecule has 0 fully saturated rings. The average Bonchev–Trinajstić information content (AvgIpc) is 2.30. The minimum atomic E-state index is -1.75. The lowest BCUT2D eigenvalue weighted by Gasteiger charge is -2.35. The fourth-order valence-electron chi connectivity index (χ4n) is 2.33. The van der Waals surface area contributed by atoms with Crippen LogP contribution in [0.4, 0.5) is 11.4 Å². The molecule has 0 aromatic heterocycles. The quantitative estimate of drug-likeness (QED) is 0.692. The number of carboxylic acids is 1. The molecule has 18 heavy (non-hydrogen) atoms. The van der Waals surface area contributed by atoms with E-state index in [1.54, 1.807) is 0 Å². The van der Waals surface area contributed by atoms with E-state index in [2.05, 4.69) is 0 Å². The number of benzene rings is 1. The summed E-state index contributed by atoms with van der Waals surface area (Å²) in [5.41, 5.74) is 6.88. The van der Waals surface area contributed by atoms with Crippen molar-refractivity contribution in [2.75, 3.05) is 23.7 Å². The lowest BCUT2D eigenvalue weighted by atomic mass is 9.97. The number of aliphatic carboxylic acids is 1. The van der Waals surface area contributed by atoms with E-state index in [4.69, 9.17) is 10.8 Å². The summed E-state index contributed by atoms with van der Waals surface area (Å²) >= 11 is 0. The van der Waals surface area contributed by atoms with Gasteiger partial charge in [-0.15, -0.1) is 0 Å². The van der Waals surface area contributed by atoms with Gasteiger partial charge in [0.1, 0.15) is 0 Å². The zero-order chi connectivity index (χ0) is 13.3. The predicted octanol–water partition coefficient (Wildman–Crippen LogP) is 0.857. The molecule has 0 saturated carbocycles. The number of hydrogen-bond donors (Lipinski definition) is 3. The molecule has 98 valence electrons. The number of fused-ring (bicyclic) bond motifs is 1. The molecule has 5 heteroatoms. The van der Waals surface area contributed by atoms with Gasteiger partial charge < -0.3 is 20.8 Å². The molecule has 4 N–H and O–H groups in total. The topological polar surface area (TPSA) is 86.8 Å². The summed E-state index contributed by atoms with van der Waals surface area (Å²) in [6, 6.07) is 5.61. The van der Waals surface area contributed by atoms with E-state index < -0.39 is 11.6 Å². The molecule has 1 heterocycles. The summed E-state index contributed by atoms with van der Waals surface area (Å²) in [6.07, 6.45) is 1.81. The molecule has 1 aromatic carbocycles. The normalized spacial score (nSPS) is 18.0. The third-order valence-electron chi connectivity index (χ3n) is 3.34. The summed E-state index contributed by atoms with van der Waals surface area (Å²) in [5.74, 6) is -1.21. The van der Waals surface area contributed by atoms with E-state index in [0.29, 0.717) is 0 Å². The van der Waals surface area contributed by atoms with Crippen LogP contribution in [0.3, 0.4) is 0 Å². The Balaban J connectivity index is 2.29. The van der Waals surface area contributed by atoms with Crippen molar-refractivity contribution >= 4 is 17.3 Å². The molecule has 1 aliphatic rings. The van der Waals surface area contributed by atoms with Gasteiger partial charge in [-0.3, -0.25) is 0 Å². The summed E-state index contributed by atoms with van der Waals surface area (Å²) < 4.78 is 0. The third kappa shape index (κ3) is 2.26. The molecule has 5 nitrogen and oxygen atoms in total. The van der Waals surface area contributed by atoms with Crippen LogP contribution >= 0.6 is 0 Å². The number of aliphatic hydroxyl groups is 1. The van der Waals surface area contributed by atoms with Gasteiger partial charge in [-0.25, -0.2) is 4.79 Å². The van der Waals surface area contributed by atoms with Crippen LogP contribution in [0.1, 0.15) is 18.9 Å². The van der Waals surface area contributed by atoms with Gasteiger partial charge in [0.25, 0.3) is 0 Å². The Kier molecular flexibility index (Phi) is 3.17. The first-order valence-electron chi connectivity index (χ1n) is 6.00. The molecular formula is C13H18N2O3. The number of carbonyl (C=O) groups is 1. The van der Waals surface area contributed by atoms with Crippen LogP contribution in [0, 0.1) is 0 Å². The van der Waals surface area contributed by atoms with Crippen molar-refractivity contribution in [3.63, 3.8) is 0 Å². The lowest BCUT2D eigenvalue weighted by Crippen LogP contribution is -2.48. The molecule has 2 rings (SSSR count). The predicted molar refractivity (Wildman–Crippen MR) is 69.6 cm³/mol. The summed E-state index contributed by atoms with van der Waals surface area (Å²) in [6.45, 7) is 2.12. The van der Waals surface area contributed by atoms with Crippen molar-refractivity contribution in [1.29, 1.82) is 0 Å². The van der Waals surface area contributed by atoms with Gasteiger partial charge >= 0.3 is 5.97 Å². The van der Waals surface area contributed by atoms with Crippen molar-refractivity contribution in [2.45, 2.75) is 25.4 Å². The molecule has 0 radical (unpaired) electrons. The highest BCUT2D eigenvalue weighted by Gasteiger charge is 2.34. The van der Waals surface area contributed by atoms with Gasteiger partial charge in [0.05, 0.1) is 6.54 Å². The van der Waals surface area contributed by atoms with Crippen LogP contribution in [0.25, 0.3) is 0 Å². The molecule has 1 aromatic rings. The zero-order valence-corrected chi connectivity index (χ0v) is 10.4. The van der Waals surface area contributed by atoms with Crippen molar-refractivity contribution in [3.8, 4) is 0 Å². The first-order chi connectivity index (χ1) is 8.42. The third-order valence-corrected chi connectivity index (χ3v) is 3.34. The summed E-state index contributed by atoms with van der Waals surface area (Å²) in [4.78, 5) is 12.9. The zero-order valence-electron chi connectivity index (χ0n) is 10.4. The number of β-amino-alcohol motifs (C(OH)–C–C–N with tert-alkyl or cyclic N) is 1. The Hall–Kier alpha value is -1.75. The van der Waals surface area contributed by atoms with E-state index in [0.717, 1.165) is 36.3 Å². The number of rotatable bonds is 3. The highest BCUT2D eigenvalue weighted by molar-refractivity contribution is 5.78. The maximum absolute atomic E-state index is 11.0. The fourth-order valence-corrected chi connectivity index (χ4v) is 2.33. The minimum Gasteiger partial charge on any atom is -0.479 e. The van der Waals surface area contributed by atoms with Gasteiger partial charge in [-0.2, -0.15) is 0 Å². The number of nitrogens with zero attached hydrogens (tertiary/aromatic N) is 1. The Morgan fingerprint density at radius 2 is 2.28 bits per heavy atom. The average molecular weight is 250 g/mol. The van der Waals surface area contributed by atoms with Crippen LogP contribution in [-0.4, -0.2) is 34.9 Å². The maximum atomic E-state index is 11.0. The van der Waals surface area contributed by atoms with E-state index >= 15 is 0 Å². The number of nitrogen functional groups attached to an aromatic ring is 1. The minimum absolute atomic E-state index is 0.0682. The van der Waals surface area contributed by atoms with Crippen molar-refractivity contribution in [2.24, 2.45) is 0 Å². The second-order valence-electron chi connectivity index (χ2n) is 4.95. The summed E-state index contributed by atoms with van der Waals surface area (Å²) in [5, 5.41) is 18.8. The summed E-state index contributed by atoms with van der Waals surface area (Å²) in [7, 11) is 0. The van der Waals surface area contributed by atoms with Gasteiger partial charge in [-0.1, -0.05) is 6.07 Å². The highest BCUT2D eigenvalue weighted by Crippen LogP contribution is 2.32. The molecular weight excluding hydrogens is 232 g/mol. The standard InChI is InChI=1S/C13H18N2O3/c1-13(18,12(16)17)8-15-7-3-4-9-10(14)5-2-6-11(9)15/h2,5-6,18H,3-4,7-8,14H2,1H3,(H,16,17). The van der Waals surface area contributed by atoms with Crippen LogP contribution in [0.5, 0.6) is 0 Å². The smallest absolute Gasteiger partial charge is 0.337 e. The molecule has 1 unspecified atom stereocenters. The SMILES string of the molecule is CC(O)(CN1CCCc2c(N)cccc21)C(=O)O. The Labute approximate surface area is 106 Å². The van der Waals surface area contributed by atoms with Gasteiger partial charge in [0, 0.05) is 17.9 Å². The number of nitrogens with two attached hydrogens (primary N) is 1. The van der Waals surface area contributed by atoms with Crippen LogP contribution in [0.2, 0.25) is 0 Å². The van der Waals surface area contributed by atoms with E-state index in [1.807, 2.05) is 23.1 Å². The molecule has 1 aliphatic heterocycles. The monoisotopic (exact) mass is 250 g/mol. The first-order valence-corrected chi connectivity index (χ1v) is 6.00. The van der Waals surface area contributed by atoms with Gasteiger partial charge in [0.15, 0.2) is 5.60 Å². The number of hydrogen-bond acceptors (Lipinski definition) is 4. The lowest BCUT2D eigenvalue weighted by molar-refractivity contribution is -0.155. The molecule has 0 spiro atoms. The first kappa shape index (κ1) is 12.7. The molecule has 0 bridgehead atoms. The Bertz CT molecular complexity index is 471. The van der Waals surface area contributed by atoms with Crippen molar-refractivity contribution in [1.82, 2.24) is 0 Å². The van der Waals surface area contributed by atoms with E-state index in [-0.39, 0.29) is 6.54 Å². The molecule has 1 atom stereocenters. The van der Waals surface area contributed by atoms with E-state index in [9.17, 15) is 9.90 Å². The number of carboxylic acid groups (broad SMARTS) is 1.